The number of carbonyl (C=O) groups excluding carboxylic acids is 4. The Morgan fingerprint density at radius 3 is 2.17 bits per heavy atom. The van der Waals surface area contributed by atoms with Crippen molar-refractivity contribution in [1.29, 1.82) is 0 Å². The summed E-state index contributed by atoms with van der Waals surface area (Å²) in [4.78, 5) is 49.8. The first-order chi connectivity index (χ1) is 14.4. The standard InChI is InChI=1S/C24H23NO5/c1-15-17(23(28)19-12-7-6-11-18(19)22(15)27)13-8-14-20(26)25-21(24(29)30-2)16-9-4-3-5-10-16/h3-7,9-12,21H,8,13-14H2,1-2H3,(H,25,26)/t21-/m0/s1. The normalized spacial score (nSPS) is 14.2. The molecule has 0 radical (unpaired) electrons. The maximum absolute atomic E-state index is 12.8. The Bertz CT molecular complexity index is 1020. The summed E-state index contributed by atoms with van der Waals surface area (Å²) in [5, 5.41) is 2.69. The van der Waals surface area contributed by atoms with Crippen LogP contribution in [0.1, 0.15) is 58.5 Å². The van der Waals surface area contributed by atoms with Gasteiger partial charge in [-0.1, -0.05) is 54.6 Å². The second-order valence-electron chi connectivity index (χ2n) is 7.10. The number of allylic oxidation sites excluding steroid dienone is 2. The largest absolute Gasteiger partial charge is 0.467 e. The van der Waals surface area contributed by atoms with Crippen LogP contribution in [-0.4, -0.2) is 30.6 Å². The van der Waals surface area contributed by atoms with Gasteiger partial charge in [0.1, 0.15) is 0 Å². The first kappa shape index (κ1) is 21.2. The molecule has 30 heavy (non-hydrogen) atoms. The molecule has 154 valence electrons. The van der Waals surface area contributed by atoms with Crippen molar-refractivity contribution in [3.8, 4) is 0 Å². The third kappa shape index (κ3) is 4.38. The number of hydrogen-bond donors (Lipinski definition) is 1. The lowest BCUT2D eigenvalue weighted by atomic mass is 9.83. The molecule has 6 heteroatoms. The van der Waals surface area contributed by atoms with Crippen molar-refractivity contribution in [2.75, 3.05) is 7.11 Å². The first-order valence-electron chi connectivity index (χ1n) is 9.74. The van der Waals surface area contributed by atoms with E-state index in [0.717, 1.165) is 0 Å². The van der Waals surface area contributed by atoms with Crippen molar-refractivity contribution < 1.29 is 23.9 Å². The average Bonchev–Trinajstić information content (AvgIpc) is 2.78. The first-order valence-corrected chi connectivity index (χ1v) is 9.74. The Kier molecular flexibility index (Phi) is 6.57. The second-order valence-corrected chi connectivity index (χ2v) is 7.10. The molecule has 0 unspecified atom stereocenters. The number of Topliss-reactive ketones (excluding diaryl/α,β-unsaturated/α-hetero) is 2. The summed E-state index contributed by atoms with van der Waals surface area (Å²) in [5.41, 5.74) is 2.32. The molecule has 3 rings (SSSR count). The van der Waals surface area contributed by atoms with Crippen LogP contribution in [0.2, 0.25) is 0 Å². The number of esters is 1. The van der Waals surface area contributed by atoms with Gasteiger partial charge in [-0.2, -0.15) is 0 Å². The highest BCUT2D eigenvalue weighted by atomic mass is 16.5. The number of benzene rings is 2. The van der Waals surface area contributed by atoms with E-state index in [4.69, 9.17) is 4.74 Å². The number of ketones is 2. The van der Waals surface area contributed by atoms with Gasteiger partial charge in [-0.25, -0.2) is 4.79 Å². The van der Waals surface area contributed by atoms with Crippen LogP contribution in [0.25, 0.3) is 0 Å². The quantitative estimate of drug-likeness (QED) is 0.711. The number of ether oxygens (including phenoxy) is 1. The van der Waals surface area contributed by atoms with Crippen molar-refractivity contribution in [3.05, 3.63) is 82.4 Å². The van der Waals surface area contributed by atoms with Crippen molar-refractivity contribution in [2.45, 2.75) is 32.2 Å². The summed E-state index contributed by atoms with van der Waals surface area (Å²) >= 11 is 0. The van der Waals surface area contributed by atoms with Crippen LogP contribution in [0.5, 0.6) is 0 Å². The summed E-state index contributed by atoms with van der Waals surface area (Å²) in [6, 6.07) is 14.7. The van der Waals surface area contributed by atoms with Crippen LogP contribution >= 0.6 is 0 Å². The van der Waals surface area contributed by atoms with Crippen molar-refractivity contribution in [1.82, 2.24) is 5.32 Å². The lowest BCUT2D eigenvalue weighted by Gasteiger charge is -2.19. The molecule has 0 aromatic heterocycles. The van der Waals surface area contributed by atoms with E-state index in [1.54, 1.807) is 55.5 Å². The fourth-order valence-corrected chi connectivity index (χ4v) is 3.55. The molecule has 1 aliphatic carbocycles. The fraction of sp³-hybridized carbons (Fsp3) is 0.250. The zero-order chi connectivity index (χ0) is 21.7. The molecular formula is C24H23NO5. The van der Waals surface area contributed by atoms with Crippen LogP contribution in [0.15, 0.2) is 65.7 Å². The molecule has 0 heterocycles. The van der Waals surface area contributed by atoms with Gasteiger partial charge in [0.2, 0.25) is 5.91 Å². The van der Waals surface area contributed by atoms with E-state index in [-0.39, 0.29) is 23.9 Å². The molecule has 1 aliphatic rings. The maximum Gasteiger partial charge on any atom is 0.333 e. The number of rotatable bonds is 7. The summed E-state index contributed by atoms with van der Waals surface area (Å²) in [6.45, 7) is 1.65. The molecule has 0 aliphatic heterocycles. The molecule has 0 bridgehead atoms. The monoisotopic (exact) mass is 405 g/mol. The van der Waals surface area contributed by atoms with Gasteiger partial charge in [0.25, 0.3) is 0 Å². The minimum absolute atomic E-state index is 0.111. The molecule has 2 aromatic rings. The van der Waals surface area contributed by atoms with Gasteiger partial charge in [0, 0.05) is 28.7 Å². The number of nitrogens with one attached hydrogen (secondary N) is 1. The van der Waals surface area contributed by atoms with Crippen LogP contribution in [0, 0.1) is 0 Å². The van der Waals surface area contributed by atoms with Gasteiger partial charge in [-0.15, -0.1) is 0 Å². The predicted octanol–water partition coefficient (Wildman–Crippen LogP) is 3.58. The minimum atomic E-state index is -0.894. The molecule has 0 saturated heterocycles. The highest BCUT2D eigenvalue weighted by Gasteiger charge is 2.29. The molecule has 2 aromatic carbocycles. The smallest absolute Gasteiger partial charge is 0.333 e. The van der Waals surface area contributed by atoms with Crippen LogP contribution in [0.4, 0.5) is 0 Å². The molecule has 0 fully saturated rings. The zero-order valence-electron chi connectivity index (χ0n) is 16.9. The zero-order valence-corrected chi connectivity index (χ0v) is 16.9. The summed E-state index contributed by atoms with van der Waals surface area (Å²) in [5.74, 6) is -1.21. The van der Waals surface area contributed by atoms with Gasteiger partial charge in [0.15, 0.2) is 17.6 Å². The minimum Gasteiger partial charge on any atom is -0.467 e. The molecule has 1 atom stereocenters. The molecule has 0 spiro atoms. The molecular weight excluding hydrogens is 382 g/mol. The molecule has 0 saturated carbocycles. The van der Waals surface area contributed by atoms with Gasteiger partial charge >= 0.3 is 5.97 Å². The highest BCUT2D eigenvalue weighted by Crippen LogP contribution is 2.29. The lowest BCUT2D eigenvalue weighted by Crippen LogP contribution is -2.34. The van der Waals surface area contributed by atoms with E-state index in [9.17, 15) is 19.2 Å². The number of carbonyl (C=O) groups is 4. The Labute approximate surface area is 174 Å². The van der Waals surface area contributed by atoms with E-state index in [1.165, 1.54) is 7.11 Å². The SMILES string of the molecule is COC(=O)[C@@H](NC(=O)CCCC1=C(C)C(=O)c2ccccc2C1=O)c1ccccc1. The Hall–Kier alpha value is -3.54. The van der Waals surface area contributed by atoms with Crippen molar-refractivity contribution >= 4 is 23.4 Å². The molecule has 6 nitrogen and oxygen atoms in total. The lowest BCUT2D eigenvalue weighted by molar-refractivity contribution is -0.145. The van der Waals surface area contributed by atoms with E-state index in [1.807, 2.05) is 6.07 Å². The van der Waals surface area contributed by atoms with E-state index in [2.05, 4.69) is 5.32 Å². The van der Waals surface area contributed by atoms with Gasteiger partial charge < -0.3 is 10.1 Å². The topological polar surface area (TPSA) is 89.5 Å². The number of amides is 1. The third-order valence-corrected chi connectivity index (χ3v) is 5.19. The Balaban J connectivity index is 1.64. The Morgan fingerprint density at radius 2 is 1.53 bits per heavy atom. The maximum atomic E-state index is 12.8. The van der Waals surface area contributed by atoms with Gasteiger partial charge in [-0.05, 0) is 25.3 Å². The molecule has 1 amide bonds. The summed E-state index contributed by atoms with van der Waals surface area (Å²) in [7, 11) is 1.27. The van der Waals surface area contributed by atoms with Crippen molar-refractivity contribution in [2.24, 2.45) is 0 Å². The van der Waals surface area contributed by atoms with E-state index in [0.29, 0.717) is 40.7 Å². The van der Waals surface area contributed by atoms with Crippen molar-refractivity contribution in [3.63, 3.8) is 0 Å². The summed E-state index contributed by atoms with van der Waals surface area (Å²) in [6.07, 6.45) is 0.801. The van der Waals surface area contributed by atoms with Crippen LogP contribution in [-0.2, 0) is 14.3 Å². The third-order valence-electron chi connectivity index (χ3n) is 5.19. The number of hydrogen-bond acceptors (Lipinski definition) is 5. The summed E-state index contributed by atoms with van der Waals surface area (Å²) < 4.78 is 4.80. The highest BCUT2D eigenvalue weighted by molar-refractivity contribution is 6.26. The molecule has 1 N–H and O–H groups in total. The van der Waals surface area contributed by atoms with Crippen LogP contribution < -0.4 is 5.32 Å². The fourth-order valence-electron chi connectivity index (χ4n) is 3.55. The number of fused-ring (bicyclic) bond motifs is 1. The number of methoxy groups -OCH3 is 1. The van der Waals surface area contributed by atoms with Crippen LogP contribution in [0.3, 0.4) is 0 Å². The predicted molar refractivity (Wildman–Crippen MR) is 111 cm³/mol. The van der Waals surface area contributed by atoms with Gasteiger partial charge in [0.05, 0.1) is 7.11 Å². The Morgan fingerprint density at radius 1 is 0.933 bits per heavy atom. The van der Waals surface area contributed by atoms with E-state index >= 15 is 0 Å². The second kappa shape index (κ2) is 9.31. The van der Waals surface area contributed by atoms with Gasteiger partial charge in [-0.3, -0.25) is 14.4 Å². The van der Waals surface area contributed by atoms with E-state index < -0.39 is 12.0 Å². The average molecular weight is 405 g/mol.